The molecule has 5 heteroatoms. The molecule has 18 heavy (non-hydrogen) atoms. The molecule has 0 saturated carbocycles. The number of thioether (sulfide) groups is 1. The fourth-order valence-electron chi connectivity index (χ4n) is 2.08. The third-order valence-electron chi connectivity index (χ3n) is 3.32. The van der Waals surface area contributed by atoms with Crippen LogP contribution in [0.5, 0.6) is 0 Å². The SMILES string of the molecule is CC(C)n1ccc(CC(=O)C2CSCCN2C)n1. The minimum absolute atomic E-state index is 0.0629. The zero-order valence-corrected chi connectivity index (χ0v) is 12.1. The summed E-state index contributed by atoms with van der Waals surface area (Å²) in [5.41, 5.74) is 0.887. The van der Waals surface area contributed by atoms with Crippen molar-refractivity contribution in [1.82, 2.24) is 14.7 Å². The molecule has 0 aliphatic carbocycles. The Morgan fingerprint density at radius 3 is 3.00 bits per heavy atom. The van der Waals surface area contributed by atoms with Crippen molar-refractivity contribution in [2.75, 3.05) is 25.1 Å². The maximum Gasteiger partial charge on any atom is 0.156 e. The van der Waals surface area contributed by atoms with Gasteiger partial charge >= 0.3 is 0 Å². The van der Waals surface area contributed by atoms with Crippen LogP contribution in [-0.4, -0.2) is 51.6 Å². The number of likely N-dealkylation sites (N-methyl/N-ethyl adjacent to an activating group) is 1. The largest absolute Gasteiger partial charge is 0.297 e. The van der Waals surface area contributed by atoms with Gasteiger partial charge in [0.2, 0.25) is 0 Å². The van der Waals surface area contributed by atoms with E-state index in [2.05, 4.69) is 23.8 Å². The van der Waals surface area contributed by atoms with Crippen LogP contribution in [0.4, 0.5) is 0 Å². The van der Waals surface area contributed by atoms with E-state index in [1.54, 1.807) is 0 Å². The third kappa shape index (κ3) is 3.14. The minimum atomic E-state index is 0.0629. The molecule has 0 spiro atoms. The highest BCUT2D eigenvalue weighted by Gasteiger charge is 2.26. The van der Waals surface area contributed by atoms with Gasteiger partial charge < -0.3 is 0 Å². The van der Waals surface area contributed by atoms with Crippen molar-refractivity contribution in [3.05, 3.63) is 18.0 Å². The summed E-state index contributed by atoms with van der Waals surface area (Å²) in [6.45, 7) is 5.18. The van der Waals surface area contributed by atoms with E-state index < -0.39 is 0 Å². The number of hydrogen-bond acceptors (Lipinski definition) is 4. The molecule has 1 aliphatic rings. The molecule has 0 amide bonds. The van der Waals surface area contributed by atoms with E-state index in [4.69, 9.17) is 0 Å². The Morgan fingerprint density at radius 2 is 2.39 bits per heavy atom. The summed E-state index contributed by atoms with van der Waals surface area (Å²) in [6, 6.07) is 2.36. The first-order valence-corrected chi connectivity index (χ1v) is 7.58. The number of hydrogen-bond donors (Lipinski definition) is 0. The molecule has 1 aliphatic heterocycles. The lowest BCUT2D eigenvalue weighted by molar-refractivity contribution is -0.122. The number of Topliss-reactive ketones (excluding diaryl/α,β-unsaturated/α-hetero) is 1. The fraction of sp³-hybridized carbons (Fsp3) is 0.692. The van der Waals surface area contributed by atoms with E-state index in [1.807, 2.05) is 35.8 Å². The molecule has 0 radical (unpaired) electrons. The van der Waals surface area contributed by atoms with E-state index in [0.29, 0.717) is 18.2 Å². The number of carbonyl (C=O) groups is 1. The fourth-order valence-corrected chi connectivity index (χ4v) is 3.33. The standard InChI is InChI=1S/C13H21N3OS/c1-10(2)16-5-4-11(14-16)8-13(17)12-9-18-7-6-15(12)3/h4-5,10,12H,6-9H2,1-3H3. The number of ketones is 1. The molecule has 0 aromatic carbocycles. The van der Waals surface area contributed by atoms with Crippen LogP contribution >= 0.6 is 11.8 Å². The third-order valence-corrected chi connectivity index (χ3v) is 4.34. The molecule has 1 saturated heterocycles. The molecule has 1 atom stereocenters. The van der Waals surface area contributed by atoms with Gasteiger partial charge in [-0.05, 0) is 27.0 Å². The van der Waals surface area contributed by atoms with E-state index in [9.17, 15) is 4.79 Å². The van der Waals surface area contributed by atoms with Gasteiger partial charge in [0, 0.05) is 30.3 Å². The van der Waals surface area contributed by atoms with Crippen LogP contribution in [0.2, 0.25) is 0 Å². The van der Waals surface area contributed by atoms with Gasteiger partial charge in [0.15, 0.2) is 5.78 Å². The van der Waals surface area contributed by atoms with E-state index >= 15 is 0 Å². The number of nitrogens with zero attached hydrogens (tertiary/aromatic N) is 3. The summed E-state index contributed by atoms with van der Waals surface area (Å²) in [4.78, 5) is 14.4. The zero-order valence-electron chi connectivity index (χ0n) is 11.3. The lowest BCUT2D eigenvalue weighted by Gasteiger charge is -2.30. The number of rotatable bonds is 4. The Bertz CT molecular complexity index is 416. The Kier molecular flexibility index (Phi) is 4.45. The van der Waals surface area contributed by atoms with E-state index in [1.165, 1.54) is 0 Å². The van der Waals surface area contributed by atoms with Gasteiger partial charge in [0.05, 0.1) is 18.2 Å². The highest BCUT2D eigenvalue weighted by Crippen LogP contribution is 2.17. The van der Waals surface area contributed by atoms with Crippen molar-refractivity contribution >= 4 is 17.5 Å². The van der Waals surface area contributed by atoms with Crippen LogP contribution in [0, 0.1) is 0 Å². The van der Waals surface area contributed by atoms with Gasteiger partial charge in [0.1, 0.15) is 0 Å². The van der Waals surface area contributed by atoms with E-state index in [-0.39, 0.29) is 6.04 Å². The van der Waals surface area contributed by atoms with Gasteiger partial charge in [-0.3, -0.25) is 14.4 Å². The molecular weight excluding hydrogens is 246 g/mol. The molecule has 4 nitrogen and oxygen atoms in total. The van der Waals surface area contributed by atoms with Gasteiger partial charge in [-0.2, -0.15) is 16.9 Å². The lowest BCUT2D eigenvalue weighted by atomic mass is 10.1. The van der Waals surface area contributed by atoms with Gasteiger partial charge in [0.25, 0.3) is 0 Å². The summed E-state index contributed by atoms with van der Waals surface area (Å²) in [7, 11) is 2.04. The lowest BCUT2D eigenvalue weighted by Crippen LogP contribution is -2.45. The molecule has 1 unspecified atom stereocenters. The molecule has 2 rings (SSSR count). The second kappa shape index (κ2) is 5.89. The van der Waals surface area contributed by atoms with Crippen molar-refractivity contribution in [2.24, 2.45) is 0 Å². The first-order chi connectivity index (χ1) is 8.58. The van der Waals surface area contributed by atoms with Gasteiger partial charge in [-0.15, -0.1) is 0 Å². The summed E-state index contributed by atoms with van der Waals surface area (Å²) in [5, 5.41) is 4.44. The summed E-state index contributed by atoms with van der Waals surface area (Å²) in [6.07, 6.45) is 2.40. The quantitative estimate of drug-likeness (QED) is 0.831. The molecule has 100 valence electrons. The molecule has 0 bridgehead atoms. The normalized spacial score (nSPS) is 21.4. The highest BCUT2D eigenvalue weighted by atomic mass is 32.2. The average Bonchev–Trinajstić information content (AvgIpc) is 2.78. The first-order valence-electron chi connectivity index (χ1n) is 6.42. The minimum Gasteiger partial charge on any atom is -0.297 e. The maximum absolute atomic E-state index is 12.3. The monoisotopic (exact) mass is 267 g/mol. The Labute approximate surface area is 113 Å². The topological polar surface area (TPSA) is 38.1 Å². The molecule has 1 fully saturated rings. The van der Waals surface area contributed by atoms with Crippen molar-refractivity contribution < 1.29 is 4.79 Å². The molecular formula is C13H21N3OS. The predicted molar refractivity (Wildman–Crippen MR) is 75.1 cm³/mol. The van der Waals surface area contributed by atoms with Crippen LogP contribution in [-0.2, 0) is 11.2 Å². The molecule has 0 N–H and O–H groups in total. The van der Waals surface area contributed by atoms with E-state index in [0.717, 1.165) is 23.7 Å². The summed E-state index contributed by atoms with van der Waals surface area (Å²) < 4.78 is 1.90. The Hall–Kier alpha value is -0.810. The first kappa shape index (κ1) is 13.6. The second-order valence-electron chi connectivity index (χ2n) is 5.10. The van der Waals surface area contributed by atoms with Gasteiger partial charge in [-0.1, -0.05) is 0 Å². The predicted octanol–water partition coefficient (Wildman–Crippen LogP) is 1.62. The van der Waals surface area contributed by atoms with Crippen molar-refractivity contribution in [1.29, 1.82) is 0 Å². The maximum atomic E-state index is 12.3. The number of aromatic nitrogens is 2. The average molecular weight is 267 g/mol. The zero-order chi connectivity index (χ0) is 13.1. The molecule has 1 aromatic heterocycles. The van der Waals surface area contributed by atoms with Crippen molar-refractivity contribution in [2.45, 2.75) is 32.4 Å². The Balaban J connectivity index is 1.97. The van der Waals surface area contributed by atoms with Crippen molar-refractivity contribution in [3.8, 4) is 0 Å². The van der Waals surface area contributed by atoms with Crippen LogP contribution < -0.4 is 0 Å². The number of carbonyl (C=O) groups excluding carboxylic acids is 1. The second-order valence-corrected chi connectivity index (χ2v) is 6.25. The van der Waals surface area contributed by atoms with Crippen LogP contribution in [0.3, 0.4) is 0 Å². The van der Waals surface area contributed by atoms with Crippen molar-refractivity contribution in [3.63, 3.8) is 0 Å². The van der Waals surface area contributed by atoms with Gasteiger partial charge in [-0.25, -0.2) is 0 Å². The highest BCUT2D eigenvalue weighted by molar-refractivity contribution is 7.99. The summed E-state index contributed by atoms with van der Waals surface area (Å²) >= 11 is 1.87. The van der Waals surface area contributed by atoms with Crippen LogP contribution in [0.25, 0.3) is 0 Å². The summed E-state index contributed by atoms with van der Waals surface area (Å²) in [5.74, 6) is 2.33. The molecule has 1 aromatic rings. The molecule has 2 heterocycles. The Morgan fingerprint density at radius 1 is 1.61 bits per heavy atom. The van der Waals surface area contributed by atoms with Crippen LogP contribution in [0.15, 0.2) is 12.3 Å². The van der Waals surface area contributed by atoms with Crippen LogP contribution in [0.1, 0.15) is 25.6 Å². The smallest absolute Gasteiger partial charge is 0.156 e.